The lowest BCUT2D eigenvalue weighted by molar-refractivity contribution is -0.139. The molecule has 2 aliphatic rings. The van der Waals surface area contributed by atoms with Crippen molar-refractivity contribution in [3.8, 4) is 22.5 Å². The second-order valence-corrected chi connectivity index (χ2v) is 11.3. The average molecular weight is 507 g/mol. The van der Waals surface area contributed by atoms with E-state index in [1.807, 2.05) is 12.1 Å². The topological polar surface area (TPSA) is 118 Å². The summed E-state index contributed by atoms with van der Waals surface area (Å²) in [5.74, 6) is 0.201. The molecule has 1 aliphatic heterocycles. The quantitative estimate of drug-likeness (QED) is 0.546. The van der Waals surface area contributed by atoms with Crippen LogP contribution in [0.1, 0.15) is 36.3 Å². The van der Waals surface area contributed by atoms with E-state index in [4.69, 9.17) is 5.73 Å². The molecule has 0 radical (unpaired) electrons. The molecule has 1 saturated carbocycles. The fourth-order valence-electron chi connectivity index (χ4n) is 5.28. The van der Waals surface area contributed by atoms with Crippen molar-refractivity contribution in [1.82, 2.24) is 25.5 Å². The van der Waals surface area contributed by atoms with Gasteiger partial charge in [-0.3, -0.25) is 4.90 Å². The number of tetrazole rings is 1. The van der Waals surface area contributed by atoms with E-state index in [-0.39, 0.29) is 23.0 Å². The fraction of sp³-hybridized carbons (Fsp3) is 0.435. The number of sulfone groups is 1. The predicted octanol–water partition coefficient (Wildman–Crippen LogP) is 3.24. The Balaban J connectivity index is 1.51. The molecule has 2 aromatic carbocycles. The lowest BCUT2D eigenvalue weighted by Crippen LogP contribution is -2.54. The molecule has 3 N–H and O–H groups in total. The van der Waals surface area contributed by atoms with E-state index in [0.717, 1.165) is 50.2 Å². The summed E-state index contributed by atoms with van der Waals surface area (Å²) < 4.78 is 66.4. The summed E-state index contributed by atoms with van der Waals surface area (Å²) >= 11 is 0. The first kappa shape index (κ1) is 23.9. The summed E-state index contributed by atoms with van der Waals surface area (Å²) in [5.41, 5.74) is 6.73. The highest BCUT2D eigenvalue weighted by Crippen LogP contribution is 2.43. The van der Waals surface area contributed by atoms with Gasteiger partial charge in [0, 0.05) is 42.9 Å². The van der Waals surface area contributed by atoms with Gasteiger partial charge in [0.15, 0.2) is 15.7 Å². The van der Waals surface area contributed by atoms with Crippen LogP contribution in [0.2, 0.25) is 0 Å². The molecule has 35 heavy (non-hydrogen) atoms. The molecule has 2 fully saturated rings. The lowest BCUT2D eigenvalue weighted by Gasteiger charge is -2.45. The van der Waals surface area contributed by atoms with Crippen molar-refractivity contribution in [2.75, 3.05) is 19.3 Å². The van der Waals surface area contributed by atoms with Crippen LogP contribution in [0.3, 0.4) is 0 Å². The molecular weight excluding hydrogens is 481 g/mol. The molecule has 1 aromatic heterocycles. The minimum absolute atomic E-state index is 0.155. The van der Waals surface area contributed by atoms with Crippen LogP contribution in [0.5, 0.6) is 0 Å². The van der Waals surface area contributed by atoms with E-state index < -0.39 is 26.5 Å². The van der Waals surface area contributed by atoms with E-state index in [9.17, 15) is 21.6 Å². The molecular formula is C23H25F3N6O2S. The number of aromatic amines is 1. The standard InChI is InChI=1S/C23H25F3N6O2S/c1-35(33,34)21-17(23(24,25)26)10-9-16(20(21)22-28-30-31-29-22)14-7-5-13(6-8-14)15-11-32(12-15)19-4-2-3-18(19)27/h5-10,15,18-19H,2-4,11-12,27H2,1H3,(H,28,29,30,31). The summed E-state index contributed by atoms with van der Waals surface area (Å²) in [6.07, 6.45) is -0.778. The Morgan fingerprint density at radius 1 is 1.09 bits per heavy atom. The predicted molar refractivity (Wildman–Crippen MR) is 123 cm³/mol. The SMILES string of the molecule is CS(=O)(=O)c1c(C(F)(F)F)ccc(-c2ccc(C3CN(C4CCCC4N)C3)cc2)c1-c1nnn[nH]1. The summed E-state index contributed by atoms with van der Waals surface area (Å²) in [7, 11) is -4.29. The van der Waals surface area contributed by atoms with Gasteiger partial charge in [-0.25, -0.2) is 13.5 Å². The Labute approximate surface area is 200 Å². The first-order valence-electron chi connectivity index (χ1n) is 11.3. The number of H-pyrrole nitrogens is 1. The zero-order valence-electron chi connectivity index (χ0n) is 19.0. The Morgan fingerprint density at radius 3 is 2.34 bits per heavy atom. The van der Waals surface area contributed by atoms with E-state index in [1.54, 1.807) is 12.1 Å². The highest BCUT2D eigenvalue weighted by atomic mass is 32.2. The second kappa shape index (κ2) is 8.68. The van der Waals surface area contributed by atoms with Crippen molar-refractivity contribution in [3.63, 3.8) is 0 Å². The highest BCUT2D eigenvalue weighted by Gasteiger charge is 2.40. The zero-order chi connectivity index (χ0) is 25.0. The van der Waals surface area contributed by atoms with Crippen molar-refractivity contribution in [3.05, 3.63) is 47.5 Å². The minimum Gasteiger partial charge on any atom is -0.326 e. The van der Waals surface area contributed by atoms with Gasteiger partial charge in [-0.2, -0.15) is 13.2 Å². The van der Waals surface area contributed by atoms with Crippen LogP contribution in [0.25, 0.3) is 22.5 Å². The van der Waals surface area contributed by atoms with Crippen molar-refractivity contribution in [2.24, 2.45) is 5.73 Å². The van der Waals surface area contributed by atoms with Crippen LogP contribution in [-0.4, -0.2) is 65.4 Å². The van der Waals surface area contributed by atoms with Crippen molar-refractivity contribution < 1.29 is 21.6 Å². The number of nitrogens with two attached hydrogens (primary N) is 1. The number of benzene rings is 2. The third kappa shape index (κ3) is 4.45. The number of nitrogens with one attached hydrogen (secondary N) is 1. The van der Waals surface area contributed by atoms with Gasteiger partial charge in [0.25, 0.3) is 0 Å². The number of hydrogen-bond acceptors (Lipinski definition) is 7. The van der Waals surface area contributed by atoms with Gasteiger partial charge in [-0.15, -0.1) is 5.10 Å². The number of nitrogens with zero attached hydrogens (tertiary/aromatic N) is 4. The van der Waals surface area contributed by atoms with Gasteiger partial charge in [-0.1, -0.05) is 36.8 Å². The van der Waals surface area contributed by atoms with Crippen molar-refractivity contribution in [2.45, 2.75) is 48.3 Å². The molecule has 2 atom stereocenters. The van der Waals surface area contributed by atoms with E-state index in [1.165, 1.54) is 6.07 Å². The van der Waals surface area contributed by atoms with Crippen LogP contribution in [0, 0.1) is 0 Å². The largest absolute Gasteiger partial charge is 0.417 e. The third-order valence-corrected chi connectivity index (χ3v) is 8.19. The molecule has 2 unspecified atom stereocenters. The van der Waals surface area contributed by atoms with Gasteiger partial charge < -0.3 is 5.73 Å². The molecule has 8 nitrogen and oxygen atoms in total. The maximum absolute atomic E-state index is 13.8. The van der Waals surface area contributed by atoms with E-state index in [2.05, 4.69) is 25.5 Å². The normalized spacial score (nSPS) is 21.9. The molecule has 186 valence electrons. The smallest absolute Gasteiger partial charge is 0.326 e. The number of likely N-dealkylation sites (tertiary alicyclic amines) is 1. The van der Waals surface area contributed by atoms with Gasteiger partial charge in [0.05, 0.1) is 10.5 Å². The fourth-order valence-corrected chi connectivity index (χ4v) is 6.44. The molecule has 5 rings (SSSR count). The summed E-state index contributed by atoms with van der Waals surface area (Å²) in [6.45, 7) is 1.84. The average Bonchev–Trinajstić information content (AvgIpc) is 3.43. The molecule has 1 aliphatic carbocycles. The maximum atomic E-state index is 13.8. The molecule has 2 heterocycles. The number of rotatable bonds is 5. The summed E-state index contributed by atoms with van der Waals surface area (Å²) in [4.78, 5) is 1.56. The van der Waals surface area contributed by atoms with Gasteiger partial charge >= 0.3 is 6.18 Å². The van der Waals surface area contributed by atoms with E-state index in [0.29, 0.717) is 17.5 Å². The van der Waals surface area contributed by atoms with Crippen LogP contribution in [0.15, 0.2) is 41.3 Å². The number of halogens is 3. The Kier molecular flexibility index (Phi) is 5.93. The minimum atomic E-state index is -4.87. The Morgan fingerprint density at radius 2 is 1.80 bits per heavy atom. The van der Waals surface area contributed by atoms with Crippen LogP contribution >= 0.6 is 0 Å². The number of hydrogen-bond donors (Lipinski definition) is 2. The molecule has 12 heteroatoms. The Hall–Kier alpha value is -2.83. The van der Waals surface area contributed by atoms with Crippen LogP contribution in [0.4, 0.5) is 13.2 Å². The van der Waals surface area contributed by atoms with Crippen molar-refractivity contribution in [1.29, 1.82) is 0 Å². The number of alkyl halides is 3. The molecule has 0 bridgehead atoms. The lowest BCUT2D eigenvalue weighted by atomic mass is 9.87. The molecule has 1 saturated heterocycles. The van der Waals surface area contributed by atoms with Gasteiger partial charge in [0.2, 0.25) is 0 Å². The first-order valence-corrected chi connectivity index (χ1v) is 13.2. The Bertz CT molecular complexity index is 1320. The summed E-state index contributed by atoms with van der Waals surface area (Å²) in [5, 5.41) is 13.0. The summed E-state index contributed by atoms with van der Waals surface area (Å²) in [6, 6.07) is 10.2. The number of aromatic nitrogens is 4. The zero-order valence-corrected chi connectivity index (χ0v) is 19.8. The van der Waals surface area contributed by atoms with Crippen LogP contribution in [-0.2, 0) is 16.0 Å². The molecule has 0 spiro atoms. The van der Waals surface area contributed by atoms with E-state index >= 15 is 0 Å². The van der Waals surface area contributed by atoms with Gasteiger partial charge in [-0.05, 0) is 46.0 Å². The molecule has 0 amide bonds. The second-order valence-electron chi connectivity index (χ2n) is 9.32. The first-order chi connectivity index (χ1) is 16.5. The van der Waals surface area contributed by atoms with Gasteiger partial charge in [0.1, 0.15) is 0 Å². The highest BCUT2D eigenvalue weighted by molar-refractivity contribution is 7.91. The monoisotopic (exact) mass is 506 g/mol. The molecule has 3 aromatic rings. The third-order valence-electron chi connectivity index (χ3n) is 7.02. The van der Waals surface area contributed by atoms with Crippen molar-refractivity contribution >= 4 is 9.84 Å². The van der Waals surface area contributed by atoms with Crippen LogP contribution < -0.4 is 5.73 Å². The maximum Gasteiger partial charge on any atom is 0.417 e.